The predicted octanol–water partition coefficient (Wildman–Crippen LogP) is 1.99. The molecule has 0 saturated carbocycles. The predicted molar refractivity (Wildman–Crippen MR) is 91.2 cm³/mol. The number of hydrogen-bond acceptors (Lipinski definition) is 5. The SMILES string of the molecule is Cc1ccc2c(n1)N(C)C(CO)CCN(Cc1ccncc1)C2. The molecule has 1 aliphatic heterocycles. The van der Waals surface area contributed by atoms with E-state index in [2.05, 4.69) is 39.0 Å². The molecule has 2 aromatic rings. The van der Waals surface area contributed by atoms with Crippen molar-refractivity contribution in [3.8, 4) is 0 Å². The van der Waals surface area contributed by atoms with Gasteiger partial charge in [0.2, 0.25) is 0 Å². The van der Waals surface area contributed by atoms with Crippen LogP contribution in [0.4, 0.5) is 5.82 Å². The molecular formula is C18H24N4O. The summed E-state index contributed by atoms with van der Waals surface area (Å²) in [6.07, 6.45) is 4.60. The first-order valence-corrected chi connectivity index (χ1v) is 8.09. The number of fused-ring (bicyclic) bond motifs is 1. The van der Waals surface area contributed by atoms with Crippen LogP contribution in [0.5, 0.6) is 0 Å². The fourth-order valence-corrected chi connectivity index (χ4v) is 3.11. The monoisotopic (exact) mass is 312 g/mol. The smallest absolute Gasteiger partial charge is 0.133 e. The molecule has 0 spiro atoms. The highest BCUT2D eigenvalue weighted by Crippen LogP contribution is 2.25. The van der Waals surface area contributed by atoms with Gasteiger partial charge in [0.25, 0.3) is 0 Å². The Morgan fingerprint density at radius 3 is 2.74 bits per heavy atom. The minimum absolute atomic E-state index is 0.100. The number of rotatable bonds is 3. The number of aliphatic hydroxyl groups is 1. The van der Waals surface area contributed by atoms with Crippen molar-refractivity contribution in [3.63, 3.8) is 0 Å². The summed E-state index contributed by atoms with van der Waals surface area (Å²) >= 11 is 0. The summed E-state index contributed by atoms with van der Waals surface area (Å²) < 4.78 is 0. The number of aliphatic hydroxyl groups excluding tert-OH is 1. The van der Waals surface area contributed by atoms with Crippen LogP contribution in [-0.2, 0) is 13.1 Å². The molecule has 0 aromatic carbocycles. The second-order valence-corrected chi connectivity index (χ2v) is 6.24. The van der Waals surface area contributed by atoms with Crippen LogP contribution in [0.15, 0.2) is 36.7 Å². The molecule has 2 aromatic heterocycles. The lowest BCUT2D eigenvalue weighted by Gasteiger charge is -2.35. The van der Waals surface area contributed by atoms with Crippen LogP contribution in [0.1, 0.15) is 23.2 Å². The molecule has 0 aliphatic carbocycles. The van der Waals surface area contributed by atoms with Crippen molar-refractivity contribution in [2.24, 2.45) is 0 Å². The molecule has 3 rings (SSSR count). The minimum atomic E-state index is 0.100. The second kappa shape index (κ2) is 7.06. The van der Waals surface area contributed by atoms with Crippen molar-refractivity contribution in [1.29, 1.82) is 0 Å². The molecule has 1 N–H and O–H groups in total. The lowest BCUT2D eigenvalue weighted by molar-refractivity contribution is 0.205. The maximum Gasteiger partial charge on any atom is 0.133 e. The summed E-state index contributed by atoms with van der Waals surface area (Å²) in [7, 11) is 2.03. The molecule has 0 saturated heterocycles. The maximum absolute atomic E-state index is 9.75. The number of hydrogen-bond donors (Lipinski definition) is 1. The summed E-state index contributed by atoms with van der Waals surface area (Å²) in [6.45, 7) is 4.86. The molecular weight excluding hydrogens is 288 g/mol. The first-order chi connectivity index (χ1) is 11.2. The van der Waals surface area contributed by atoms with E-state index in [1.807, 2.05) is 26.4 Å². The topological polar surface area (TPSA) is 52.5 Å². The molecule has 0 fully saturated rings. The van der Waals surface area contributed by atoms with E-state index in [1.165, 1.54) is 11.1 Å². The zero-order chi connectivity index (χ0) is 16.2. The molecule has 23 heavy (non-hydrogen) atoms. The van der Waals surface area contributed by atoms with E-state index in [1.54, 1.807) is 0 Å². The van der Waals surface area contributed by atoms with Gasteiger partial charge in [-0.25, -0.2) is 4.98 Å². The Hall–Kier alpha value is -1.98. The average molecular weight is 312 g/mol. The Balaban J connectivity index is 1.88. The molecule has 1 aliphatic rings. The zero-order valence-electron chi connectivity index (χ0n) is 13.8. The molecule has 5 heteroatoms. The Kier molecular flexibility index (Phi) is 4.88. The highest BCUT2D eigenvalue weighted by atomic mass is 16.3. The van der Waals surface area contributed by atoms with E-state index in [-0.39, 0.29) is 12.6 Å². The molecule has 0 radical (unpaired) electrons. The minimum Gasteiger partial charge on any atom is -0.394 e. The molecule has 0 bridgehead atoms. The summed E-state index contributed by atoms with van der Waals surface area (Å²) in [5.41, 5.74) is 3.48. The Morgan fingerprint density at radius 1 is 1.22 bits per heavy atom. The van der Waals surface area contributed by atoms with Gasteiger partial charge in [-0.3, -0.25) is 9.88 Å². The van der Waals surface area contributed by atoms with Crippen molar-refractivity contribution < 1.29 is 5.11 Å². The fraction of sp³-hybridized carbons (Fsp3) is 0.444. The van der Waals surface area contributed by atoms with Crippen LogP contribution in [-0.4, -0.2) is 46.2 Å². The van der Waals surface area contributed by atoms with Gasteiger partial charge in [-0.15, -0.1) is 0 Å². The maximum atomic E-state index is 9.75. The Labute approximate surface area is 137 Å². The summed E-state index contributed by atoms with van der Waals surface area (Å²) in [6, 6.07) is 8.44. The fourth-order valence-electron chi connectivity index (χ4n) is 3.11. The highest BCUT2D eigenvalue weighted by Gasteiger charge is 2.23. The molecule has 1 atom stereocenters. The van der Waals surface area contributed by atoms with Crippen LogP contribution in [0.2, 0.25) is 0 Å². The average Bonchev–Trinajstić information content (AvgIpc) is 2.56. The Bertz CT molecular complexity index is 647. The molecule has 1 unspecified atom stereocenters. The molecule has 3 heterocycles. The van der Waals surface area contributed by atoms with Gasteiger partial charge in [0.1, 0.15) is 5.82 Å². The number of pyridine rings is 2. The largest absolute Gasteiger partial charge is 0.394 e. The van der Waals surface area contributed by atoms with E-state index in [0.29, 0.717) is 0 Å². The van der Waals surface area contributed by atoms with Gasteiger partial charge in [-0.05, 0) is 37.1 Å². The van der Waals surface area contributed by atoms with Crippen molar-refractivity contribution in [2.75, 3.05) is 25.1 Å². The number of likely N-dealkylation sites (N-methyl/N-ethyl adjacent to an activating group) is 1. The lowest BCUT2D eigenvalue weighted by atomic mass is 10.1. The molecule has 122 valence electrons. The number of aryl methyl sites for hydroxylation is 1. The van der Waals surface area contributed by atoms with Gasteiger partial charge in [0.05, 0.1) is 12.6 Å². The number of aromatic nitrogens is 2. The third kappa shape index (κ3) is 3.68. The van der Waals surface area contributed by atoms with E-state index in [9.17, 15) is 5.11 Å². The first-order valence-electron chi connectivity index (χ1n) is 8.09. The lowest BCUT2D eigenvalue weighted by Crippen LogP contribution is -2.41. The van der Waals surface area contributed by atoms with Crippen molar-refractivity contribution >= 4 is 5.82 Å². The van der Waals surface area contributed by atoms with Gasteiger partial charge >= 0.3 is 0 Å². The highest BCUT2D eigenvalue weighted by molar-refractivity contribution is 5.48. The van der Waals surface area contributed by atoms with Crippen molar-refractivity contribution in [2.45, 2.75) is 32.5 Å². The Morgan fingerprint density at radius 2 is 2.00 bits per heavy atom. The van der Waals surface area contributed by atoms with Crippen LogP contribution in [0.3, 0.4) is 0 Å². The summed E-state index contributed by atoms with van der Waals surface area (Å²) in [5.74, 6) is 0.989. The van der Waals surface area contributed by atoms with E-state index in [0.717, 1.165) is 37.6 Å². The van der Waals surface area contributed by atoms with Crippen LogP contribution < -0.4 is 4.90 Å². The van der Waals surface area contributed by atoms with Crippen molar-refractivity contribution in [1.82, 2.24) is 14.9 Å². The van der Waals surface area contributed by atoms with Gasteiger partial charge in [0, 0.05) is 50.3 Å². The third-order valence-electron chi connectivity index (χ3n) is 4.52. The number of nitrogens with zero attached hydrogens (tertiary/aromatic N) is 4. The van der Waals surface area contributed by atoms with Crippen LogP contribution in [0.25, 0.3) is 0 Å². The standard InChI is InChI=1S/C18H24N4O/c1-14-3-4-16-12-22(11-15-5-8-19-9-6-15)10-7-17(13-23)21(2)18(16)20-14/h3-6,8-9,17,23H,7,10-13H2,1-2H3. The third-order valence-corrected chi connectivity index (χ3v) is 4.52. The van der Waals surface area contributed by atoms with Crippen LogP contribution >= 0.6 is 0 Å². The zero-order valence-corrected chi connectivity index (χ0v) is 13.8. The molecule has 0 amide bonds. The van der Waals surface area contributed by atoms with Gasteiger partial charge in [-0.1, -0.05) is 6.07 Å². The summed E-state index contributed by atoms with van der Waals surface area (Å²) in [4.78, 5) is 13.3. The van der Waals surface area contributed by atoms with Gasteiger partial charge in [-0.2, -0.15) is 0 Å². The number of anilines is 1. The summed E-state index contributed by atoms with van der Waals surface area (Å²) in [5, 5.41) is 9.75. The molecule has 5 nitrogen and oxygen atoms in total. The normalized spacial score (nSPS) is 19.1. The van der Waals surface area contributed by atoms with E-state index < -0.39 is 0 Å². The van der Waals surface area contributed by atoms with Crippen LogP contribution in [0, 0.1) is 6.92 Å². The quantitative estimate of drug-likeness (QED) is 0.939. The first kappa shape index (κ1) is 15.9. The van der Waals surface area contributed by atoms with Crippen molar-refractivity contribution in [3.05, 3.63) is 53.5 Å². The van der Waals surface area contributed by atoms with E-state index in [4.69, 9.17) is 4.98 Å². The second-order valence-electron chi connectivity index (χ2n) is 6.24. The van der Waals surface area contributed by atoms with E-state index >= 15 is 0 Å². The van der Waals surface area contributed by atoms with Gasteiger partial charge in [0.15, 0.2) is 0 Å². The van der Waals surface area contributed by atoms with Gasteiger partial charge < -0.3 is 10.0 Å².